The quantitative estimate of drug-likeness (QED) is 0.596. The van der Waals surface area contributed by atoms with Crippen molar-refractivity contribution < 1.29 is 0 Å². The predicted octanol–water partition coefficient (Wildman–Crippen LogP) is 5.48. The van der Waals surface area contributed by atoms with E-state index in [9.17, 15) is 0 Å². The molecule has 0 fully saturated rings. The van der Waals surface area contributed by atoms with Crippen LogP contribution in [0.2, 0.25) is 0 Å². The van der Waals surface area contributed by atoms with Gasteiger partial charge < -0.3 is 0 Å². The fourth-order valence-electron chi connectivity index (χ4n) is 2.67. The maximum absolute atomic E-state index is 4.52. The zero-order valence-electron chi connectivity index (χ0n) is 13.5. The minimum atomic E-state index is 1.08. The predicted molar refractivity (Wildman–Crippen MR) is 96.3 cm³/mol. The molecule has 0 spiro atoms. The van der Waals surface area contributed by atoms with Crippen LogP contribution >= 0.6 is 11.8 Å². The fraction of sp³-hybridized carbons (Fsp3) is 0.211. The Kier molecular flexibility index (Phi) is 3.83. The number of fused-ring (bicyclic) bond motifs is 1. The van der Waals surface area contributed by atoms with Crippen molar-refractivity contribution in [1.82, 2.24) is 9.78 Å². The van der Waals surface area contributed by atoms with E-state index in [0.29, 0.717) is 0 Å². The molecule has 0 N–H and O–H groups in total. The summed E-state index contributed by atoms with van der Waals surface area (Å²) < 4.78 is 1.87. The Morgan fingerprint density at radius 2 is 1.86 bits per heavy atom. The van der Waals surface area contributed by atoms with Gasteiger partial charge in [0.1, 0.15) is 0 Å². The zero-order valence-corrected chi connectivity index (χ0v) is 14.3. The lowest BCUT2D eigenvalue weighted by molar-refractivity contribution is 0.779. The molecule has 1 heterocycles. The molecule has 2 aromatic carbocycles. The molecule has 0 amide bonds. The summed E-state index contributed by atoms with van der Waals surface area (Å²) in [7, 11) is 1.96. The van der Waals surface area contributed by atoms with Gasteiger partial charge in [-0.05, 0) is 66.1 Å². The second kappa shape index (κ2) is 5.65. The Balaban J connectivity index is 2.12. The SMILES string of the molecule is C=C(C)Sc1cc(-c2cc(C)c3nn(C)cc3c2)ccc1C. The number of aromatic nitrogens is 2. The van der Waals surface area contributed by atoms with Crippen LogP contribution in [-0.2, 0) is 7.05 Å². The topological polar surface area (TPSA) is 17.8 Å². The largest absolute Gasteiger partial charge is 0.275 e. The summed E-state index contributed by atoms with van der Waals surface area (Å²) in [6.07, 6.45) is 2.07. The van der Waals surface area contributed by atoms with Crippen molar-refractivity contribution in [2.24, 2.45) is 7.05 Å². The molecule has 2 nitrogen and oxygen atoms in total. The number of nitrogens with zero attached hydrogens (tertiary/aromatic N) is 2. The number of hydrogen-bond acceptors (Lipinski definition) is 2. The third kappa shape index (κ3) is 2.81. The number of thioether (sulfide) groups is 1. The molecule has 3 aromatic rings. The van der Waals surface area contributed by atoms with Gasteiger partial charge in [-0.3, -0.25) is 4.68 Å². The Labute approximate surface area is 135 Å². The summed E-state index contributed by atoms with van der Waals surface area (Å²) in [6, 6.07) is 11.1. The summed E-state index contributed by atoms with van der Waals surface area (Å²) in [4.78, 5) is 2.38. The van der Waals surface area contributed by atoms with E-state index in [2.05, 4.69) is 62.1 Å². The number of benzene rings is 2. The van der Waals surface area contributed by atoms with Crippen molar-refractivity contribution in [1.29, 1.82) is 0 Å². The number of hydrogen-bond donors (Lipinski definition) is 0. The average molecular weight is 308 g/mol. The van der Waals surface area contributed by atoms with Gasteiger partial charge in [-0.15, -0.1) is 0 Å². The highest BCUT2D eigenvalue weighted by molar-refractivity contribution is 8.03. The number of allylic oxidation sites excluding steroid dienone is 1. The highest BCUT2D eigenvalue weighted by Gasteiger charge is 2.08. The van der Waals surface area contributed by atoms with Gasteiger partial charge in [0.25, 0.3) is 0 Å². The number of aryl methyl sites for hydroxylation is 3. The van der Waals surface area contributed by atoms with Gasteiger partial charge in [0.2, 0.25) is 0 Å². The summed E-state index contributed by atoms with van der Waals surface area (Å²) in [5.74, 6) is 0. The fourth-order valence-corrected chi connectivity index (χ4v) is 3.46. The maximum Gasteiger partial charge on any atom is 0.0952 e. The Hall–Kier alpha value is -2.00. The normalized spacial score (nSPS) is 11.1. The molecule has 0 aliphatic rings. The summed E-state index contributed by atoms with van der Waals surface area (Å²) in [5.41, 5.74) is 6.05. The van der Waals surface area contributed by atoms with Crippen molar-refractivity contribution in [3.05, 3.63) is 59.1 Å². The first-order valence-electron chi connectivity index (χ1n) is 7.32. The molecule has 0 bridgehead atoms. The lowest BCUT2D eigenvalue weighted by atomic mass is 10.0. The first-order chi connectivity index (χ1) is 10.4. The molecule has 22 heavy (non-hydrogen) atoms. The molecule has 0 radical (unpaired) electrons. The zero-order chi connectivity index (χ0) is 15.9. The molecular weight excluding hydrogens is 288 g/mol. The second-order valence-electron chi connectivity index (χ2n) is 5.82. The van der Waals surface area contributed by atoms with Crippen LogP contribution in [0.15, 0.2) is 52.9 Å². The lowest BCUT2D eigenvalue weighted by Crippen LogP contribution is -1.87. The van der Waals surface area contributed by atoms with Gasteiger partial charge >= 0.3 is 0 Å². The minimum Gasteiger partial charge on any atom is -0.275 e. The van der Waals surface area contributed by atoms with E-state index in [-0.39, 0.29) is 0 Å². The average Bonchev–Trinajstić information content (AvgIpc) is 2.82. The Morgan fingerprint density at radius 1 is 1.09 bits per heavy atom. The third-order valence-electron chi connectivity index (χ3n) is 3.72. The van der Waals surface area contributed by atoms with Crippen molar-refractivity contribution in [3.8, 4) is 11.1 Å². The minimum absolute atomic E-state index is 1.08. The van der Waals surface area contributed by atoms with Gasteiger partial charge in [0, 0.05) is 23.5 Å². The van der Waals surface area contributed by atoms with Crippen molar-refractivity contribution in [2.75, 3.05) is 0 Å². The van der Waals surface area contributed by atoms with E-state index in [1.165, 1.54) is 32.5 Å². The smallest absolute Gasteiger partial charge is 0.0952 e. The summed E-state index contributed by atoms with van der Waals surface area (Å²) in [5, 5.41) is 5.71. The molecule has 0 saturated heterocycles. The van der Waals surface area contributed by atoms with Crippen LogP contribution in [-0.4, -0.2) is 9.78 Å². The van der Waals surface area contributed by atoms with Crippen LogP contribution in [0.1, 0.15) is 18.1 Å². The molecule has 0 aliphatic carbocycles. The van der Waals surface area contributed by atoms with Gasteiger partial charge in [0.15, 0.2) is 0 Å². The molecule has 0 aliphatic heterocycles. The summed E-state index contributed by atoms with van der Waals surface area (Å²) >= 11 is 1.73. The standard InChI is InChI=1S/C19H20N2S/c1-12(2)22-18-10-15(7-6-13(18)3)16-8-14(4)19-17(9-16)11-21(5)20-19/h6-11H,1H2,2-5H3. The molecule has 0 unspecified atom stereocenters. The molecule has 1 aromatic heterocycles. The van der Waals surface area contributed by atoms with Crippen molar-refractivity contribution in [2.45, 2.75) is 25.7 Å². The van der Waals surface area contributed by atoms with Crippen LogP contribution < -0.4 is 0 Å². The highest BCUT2D eigenvalue weighted by Crippen LogP contribution is 2.33. The molecule has 112 valence electrons. The third-order valence-corrected chi connectivity index (χ3v) is 4.73. The van der Waals surface area contributed by atoms with Gasteiger partial charge in [-0.2, -0.15) is 5.10 Å². The summed E-state index contributed by atoms with van der Waals surface area (Å²) in [6.45, 7) is 10.3. The van der Waals surface area contributed by atoms with Gasteiger partial charge in [0.05, 0.1) is 5.52 Å². The van der Waals surface area contributed by atoms with E-state index in [1.807, 2.05) is 18.7 Å². The molecule has 0 saturated carbocycles. The monoisotopic (exact) mass is 308 g/mol. The maximum atomic E-state index is 4.52. The van der Waals surface area contributed by atoms with E-state index < -0.39 is 0 Å². The van der Waals surface area contributed by atoms with Crippen LogP contribution in [0.5, 0.6) is 0 Å². The van der Waals surface area contributed by atoms with Crippen LogP contribution in [0, 0.1) is 13.8 Å². The van der Waals surface area contributed by atoms with Crippen LogP contribution in [0.25, 0.3) is 22.0 Å². The number of rotatable bonds is 3. The van der Waals surface area contributed by atoms with Crippen molar-refractivity contribution in [3.63, 3.8) is 0 Å². The van der Waals surface area contributed by atoms with E-state index in [1.54, 1.807) is 11.8 Å². The highest BCUT2D eigenvalue weighted by atomic mass is 32.2. The van der Waals surface area contributed by atoms with E-state index >= 15 is 0 Å². The van der Waals surface area contributed by atoms with Gasteiger partial charge in [-0.1, -0.05) is 30.5 Å². The first-order valence-corrected chi connectivity index (χ1v) is 8.14. The molecule has 0 atom stereocenters. The van der Waals surface area contributed by atoms with E-state index in [4.69, 9.17) is 0 Å². The lowest BCUT2D eigenvalue weighted by Gasteiger charge is -2.09. The second-order valence-corrected chi connectivity index (χ2v) is 7.16. The molecule has 3 heteroatoms. The van der Waals surface area contributed by atoms with Crippen LogP contribution in [0.4, 0.5) is 0 Å². The molecular formula is C19H20N2S. The van der Waals surface area contributed by atoms with Gasteiger partial charge in [-0.25, -0.2) is 0 Å². The Morgan fingerprint density at radius 3 is 2.59 bits per heavy atom. The molecule has 3 rings (SSSR count). The first kappa shape index (κ1) is 14.9. The van der Waals surface area contributed by atoms with Crippen LogP contribution in [0.3, 0.4) is 0 Å². The van der Waals surface area contributed by atoms with Crippen molar-refractivity contribution >= 4 is 22.7 Å². The Bertz CT molecular complexity index is 875. The van der Waals surface area contributed by atoms with E-state index in [0.717, 1.165) is 10.4 Å².